The van der Waals surface area contributed by atoms with Crippen molar-refractivity contribution in [1.29, 1.82) is 0 Å². The van der Waals surface area contributed by atoms with Gasteiger partial charge in [0.15, 0.2) is 5.54 Å². The van der Waals surface area contributed by atoms with E-state index in [1.165, 1.54) is 0 Å². The molecule has 4 amide bonds. The summed E-state index contributed by atoms with van der Waals surface area (Å²) in [5, 5.41) is 13.8. The van der Waals surface area contributed by atoms with Crippen molar-refractivity contribution in [3.8, 4) is 0 Å². The van der Waals surface area contributed by atoms with Gasteiger partial charge in [-0.2, -0.15) is 0 Å². The van der Waals surface area contributed by atoms with Gasteiger partial charge >= 0.3 is 144 Å². The van der Waals surface area contributed by atoms with Crippen LogP contribution in [0.3, 0.4) is 0 Å². The molecule has 244 valence electrons. The summed E-state index contributed by atoms with van der Waals surface area (Å²) in [6.45, 7) is 7.26. The summed E-state index contributed by atoms with van der Waals surface area (Å²) in [4.78, 5) is 74.0. The van der Waals surface area contributed by atoms with Gasteiger partial charge in [-0.25, -0.2) is 4.79 Å². The van der Waals surface area contributed by atoms with Crippen LogP contribution < -0.4 is 154 Å². The maximum Gasteiger partial charge on any atom is 1.00 e. The molecule has 13 nitrogen and oxygen atoms in total. The summed E-state index contributed by atoms with van der Waals surface area (Å²) in [5.41, 5.74) is 0.410. The maximum atomic E-state index is 12.6. The Morgan fingerprint density at radius 1 is 0.957 bits per heavy atom. The van der Waals surface area contributed by atoms with E-state index in [1.54, 1.807) is 23.6 Å². The Bertz CT molecular complexity index is 1360. The van der Waals surface area contributed by atoms with Gasteiger partial charge in [-0.15, -0.1) is 0 Å². The molecule has 3 aliphatic rings. The van der Waals surface area contributed by atoms with Crippen molar-refractivity contribution in [1.82, 2.24) is 20.4 Å². The fourth-order valence-corrected chi connectivity index (χ4v) is 6.20. The summed E-state index contributed by atoms with van der Waals surface area (Å²) in [7, 11) is 0. The van der Waals surface area contributed by atoms with Crippen LogP contribution in [0.5, 0.6) is 0 Å². The van der Waals surface area contributed by atoms with Crippen molar-refractivity contribution in [2.45, 2.75) is 57.8 Å². The Hall–Kier alpha value is -0.676. The van der Waals surface area contributed by atoms with E-state index in [0.717, 1.165) is 17.5 Å². The number of hydrogen-bond donors (Lipinski definition) is 2. The number of β-lactam (4-membered cyclic amide) rings is 2. The molecule has 4 atom stereocenters. The predicted octanol–water partition coefficient (Wildman–Crippen LogP) is -5.42. The SMILES string of the molecule is CCOC(=O)[C@@]1(CCNC=O)[C@@H](C)C(=O)N1Cc1ccccc1.C[C@H]1C(=O)N(Cc2ccccc2)[C@]12CCNC2=O.O=CO[O-].[Cs+].[Cs+].[H-]. The van der Waals surface area contributed by atoms with Crippen LogP contribution in [-0.4, -0.2) is 77.1 Å². The molecule has 0 aromatic heterocycles. The van der Waals surface area contributed by atoms with E-state index in [-0.39, 0.29) is 176 Å². The van der Waals surface area contributed by atoms with Crippen LogP contribution in [0.2, 0.25) is 0 Å². The Morgan fingerprint density at radius 2 is 1.47 bits per heavy atom. The Balaban J connectivity index is 0.000000797. The molecule has 5 rings (SSSR count). The monoisotopic (exact) mass is 890 g/mol. The number of carbonyl (C=O) groups is 6. The number of likely N-dealkylation sites (tertiary alicyclic amines) is 2. The first-order chi connectivity index (χ1) is 21.6. The Kier molecular flexibility index (Phi) is 20.3. The van der Waals surface area contributed by atoms with Crippen molar-refractivity contribution in [3.05, 3.63) is 71.8 Å². The molecule has 2 aromatic rings. The summed E-state index contributed by atoms with van der Waals surface area (Å²) in [6, 6.07) is 19.3. The van der Waals surface area contributed by atoms with Crippen molar-refractivity contribution in [2.75, 3.05) is 19.7 Å². The fourth-order valence-electron chi connectivity index (χ4n) is 6.20. The van der Waals surface area contributed by atoms with E-state index in [2.05, 4.69) is 15.5 Å². The summed E-state index contributed by atoms with van der Waals surface area (Å²) in [5.74, 6) is -1.05. The first-order valence-corrected chi connectivity index (χ1v) is 14.7. The predicted molar refractivity (Wildman–Crippen MR) is 159 cm³/mol. The molecular formula is C32H40Cs2N4O9. The number of nitrogens with zero attached hydrogens (tertiary/aromatic N) is 2. The van der Waals surface area contributed by atoms with Gasteiger partial charge in [0.2, 0.25) is 24.1 Å². The topological polar surface area (TPSA) is 174 Å². The maximum absolute atomic E-state index is 12.6. The van der Waals surface area contributed by atoms with Crippen LogP contribution in [0.15, 0.2) is 60.7 Å². The number of ether oxygens (including phenoxy) is 1. The summed E-state index contributed by atoms with van der Waals surface area (Å²) in [6.07, 6.45) is 1.65. The summed E-state index contributed by atoms with van der Waals surface area (Å²) >= 11 is 0. The minimum absolute atomic E-state index is 0. The molecule has 0 radical (unpaired) electrons. The van der Waals surface area contributed by atoms with Gasteiger partial charge in [0.05, 0.1) is 18.4 Å². The van der Waals surface area contributed by atoms with Gasteiger partial charge in [0, 0.05) is 26.2 Å². The molecule has 0 saturated carbocycles. The molecule has 3 fully saturated rings. The second kappa shape index (κ2) is 21.5. The van der Waals surface area contributed by atoms with E-state index in [9.17, 15) is 24.0 Å². The van der Waals surface area contributed by atoms with Crippen molar-refractivity contribution in [2.24, 2.45) is 11.8 Å². The van der Waals surface area contributed by atoms with Gasteiger partial charge in [0.25, 0.3) is 6.47 Å². The molecule has 3 saturated heterocycles. The zero-order chi connectivity index (χ0) is 33.0. The number of rotatable bonds is 11. The molecular weight excluding hydrogens is 850 g/mol. The molecule has 0 aliphatic carbocycles. The number of esters is 1. The second-order valence-electron chi connectivity index (χ2n) is 10.9. The first-order valence-electron chi connectivity index (χ1n) is 14.7. The number of hydrogen-bond acceptors (Lipinski definition) is 9. The largest absolute Gasteiger partial charge is 1.00 e. The van der Waals surface area contributed by atoms with E-state index < -0.39 is 23.0 Å². The zero-order valence-electron chi connectivity index (χ0n) is 28.6. The Morgan fingerprint density at radius 3 is 1.91 bits per heavy atom. The number of benzene rings is 2. The zero-order valence-corrected chi connectivity index (χ0v) is 40.2. The second-order valence-corrected chi connectivity index (χ2v) is 10.9. The average molecular weight is 891 g/mol. The smallest absolute Gasteiger partial charge is 1.00 e. The fraction of sp³-hybridized carbons (Fsp3) is 0.438. The summed E-state index contributed by atoms with van der Waals surface area (Å²) < 4.78 is 5.22. The molecule has 1 spiro atoms. The van der Waals surface area contributed by atoms with Crippen LogP contribution in [0.4, 0.5) is 0 Å². The van der Waals surface area contributed by atoms with Crippen LogP contribution in [-0.2, 0) is 51.5 Å². The van der Waals surface area contributed by atoms with Crippen molar-refractivity contribution >= 4 is 36.6 Å². The molecule has 3 heterocycles. The number of carbonyl (C=O) groups excluding carboxylic acids is 6. The molecule has 2 aromatic carbocycles. The third-order valence-electron chi connectivity index (χ3n) is 8.62. The molecule has 0 bridgehead atoms. The third kappa shape index (κ3) is 9.98. The standard InChI is InChI=1S/C17H22N2O4.C14H16N2O2.CH2O3.2Cs.H/c1-3-23-16(22)17(9-10-18-12-20)13(2)15(21)19(17)11-14-7-5-4-6-8-14;1-10-12(17)16(9-11-5-3-2-4-6-11)14(10)7-8-15-13(14)18;2-1-4-3;;;/h4-8,12-13H,3,9-11H2,1-2H3,(H,18,20);2-6,10H,7-9H2,1H3,(H,15,18);1,3H;;;/q;;;2*+1;-1/p-1/t13-,17+;10-,14+;;;;/m00..../s1. The molecule has 3 aliphatic heterocycles. The number of amides is 4. The van der Waals surface area contributed by atoms with Crippen LogP contribution in [0.25, 0.3) is 0 Å². The van der Waals surface area contributed by atoms with E-state index in [0.29, 0.717) is 39.0 Å². The molecule has 15 heteroatoms. The minimum atomic E-state index is -1.01. The minimum Gasteiger partial charge on any atom is -1.00 e. The van der Waals surface area contributed by atoms with Gasteiger partial charge in [-0.05, 0) is 30.9 Å². The van der Waals surface area contributed by atoms with E-state index >= 15 is 0 Å². The van der Waals surface area contributed by atoms with Gasteiger partial charge in [0.1, 0.15) is 5.54 Å². The van der Waals surface area contributed by atoms with Crippen molar-refractivity contribution in [3.63, 3.8) is 0 Å². The number of nitrogens with one attached hydrogen (secondary N) is 2. The first kappa shape index (κ1) is 44.3. The van der Waals surface area contributed by atoms with Crippen molar-refractivity contribution < 1.29 is 183 Å². The average Bonchev–Trinajstić information content (AvgIpc) is 3.48. The van der Waals surface area contributed by atoms with Gasteiger partial charge < -0.3 is 36.7 Å². The van der Waals surface area contributed by atoms with Gasteiger partial charge in [-0.3, -0.25) is 24.0 Å². The van der Waals surface area contributed by atoms with Crippen LogP contribution >= 0.6 is 0 Å². The molecule has 47 heavy (non-hydrogen) atoms. The van der Waals surface area contributed by atoms with Crippen LogP contribution in [0, 0.1) is 11.8 Å². The van der Waals surface area contributed by atoms with E-state index in [1.807, 2.05) is 67.6 Å². The normalized spacial score (nSPS) is 23.4. The van der Waals surface area contributed by atoms with Gasteiger partial charge in [-0.1, -0.05) is 74.5 Å². The molecule has 0 unspecified atom stereocenters. The quantitative estimate of drug-likeness (QED) is 0.0558. The molecule has 2 N–H and O–H groups in total. The van der Waals surface area contributed by atoms with Crippen LogP contribution in [0.1, 0.15) is 46.2 Å². The Labute approximate surface area is 393 Å². The third-order valence-corrected chi connectivity index (χ3v) is 8.62. The van der Waals surface area contributed by atoms with E-state index in [4.69, 9.17) is 14.8 Å².